The van der Waals surface area contributed by atoms with Gasteiger partial charge in [0.05, 0.1) is 17.0 Å². The van der Waals surface area contributed by atoms with Crippen LogP contribution in [0.1, 0.15) is 26.3 Å². The fourth-order valence-corrected chi connectivity index (χ4v) is 2.75. The number of rotatable bonds is 7. The van der Waals surface area contributed by atoms with Crippen molar-refractivity contribution in [3.05, 3.63) is 35.1 Å². The maximum Gasteiger partial charge on any atom is 0.226 e. The van der Waals surface area contributed by atoms with Gasteiger partial charge in [0.15, 0.2) is 17.0 Å². The van der Waals surface area contributed by atoms with Gasteiger partial charge in [-0.25, -0.2) is 4.98 Å². The van der Waals surface area contributed by atoms with E-state index in [1.165, 1.54) is 0 Å². The molecule has 27 heavy (non-hydrogen) atoms. The largest absolute Gasteiger partial charge is 0.506 e. The fourth-order valence-electron chi connectivity index (χ4n) is 2.55. The summed E-state index contributed by atoms with van der Waals surface area (Å²) in [6.07, 6.45) is 1.71. The second-order valence-corrected chi connectivity index (χ2v) is 7.27. The molecular weight excluding hydrogens is 368 g/mol. The summed E-state index contributed by atoms with van der Waals surface area (Å²) in [6, 6.07) is 5.19. The van der Waals surface area contributed by atoms with E-state index in [1.54, 1.807) is 38.4 Å². The predicted molar refractivity (Wildman–Crippen MR) is 106 cm³/mol. The van der Waals surface area contributed by atoms with E-state index >= 15 is 0 Å². The number of nitrogens with zero attached hydrogens (tertiary/aromatic N) is 4. The Bertz CT molecular complexity index is 951. The summed E-state index contributed by atoms with van der Waals surface area (Å²) in [5.41, 5.74) is 1.06. The van der Waals surface area contributed by atoms with Gasteiger partial charge in [-0.15, -0.1) is 0 Å². The third-order valence-electron chi connectivity index (χ3n) is 4.00. The Kier molecular flexibility index (Phi) is 5.38. The van der Waals surface area contributed by atoms with E-state index in [0.717, 1.165) is 0 Å². The zero-order chi connectivity index (χ0) is 19.6. The number of anilines is 2. The number of aromatic hydroxyl groups is 1. The number of phenols is 1. The van der Waals surface area contributed by atoms with Crippen molar-refractivity contribution in [1.82, 2.24) is 19.5 Å². The predicted octanol–water partition coefficient (Wildman–Crippen LogP) is 3.00. The van der Waals surface area contributed by atoms with Crippen LogP contribution in [0.3, 0.4) is 0 Å². The van der Waals surface area contributed by atoms with Gasteiger partial charge in [0, 0.05) is 25.2 Å². The van der Waals surface area contributed by atoms with E-state index in [0.29, 0.717) is 53.2 Å². The number of nitrogens with one attached hydrogen (secondary N) is 2. The lowest BCUT2D eigenvalue weighted by atomic mass is 10.1. The van der Waals surface area contributed by atoms with Crippen molar-refractivity contribution in [3.63, 3.8) is 0 Å². The normalized spacial score (nSPS) is 11.7. The molecule has 9 heteroatoms. The monoisotopic (exact) mass is 390 g/mol. The number of aromatic nitrogens is 4. The Balaban J connectivity index is 1.92. The fraction of sp³-hybridized carbons (Fsp3) is 0.389. The number of hydrogen-bond acceptors (Lipinski definition) is 7. The SMILES string of the molecule is CCn1cnc2c(NCc3cccc(Cl)c3O)nc(NCC(C)(C)O)nc21. The smallest absolute Gasteiger partial charge is 0.226 e. The minimum Gasteiger partial charge on any atom is -0.506 e. The number of benzene rings is 1. The number of aliphatic hydroxyl groups is 1. The molecule has 4 N–H and O–H groups in total. The molecule has 0 bridgehead atoms. The highest BCUT2D eigenvalue weighted by atomic mass is 35.5. The minimum absolute atomic E-state index is 0.0384. The van der Waals surface area contributed by atoms with Gasteiger partial charge in [-0.3, -0.25) is 0 Å². The molecule has 2 heterocycles. The number of hydrogen-bond donors (Lipinski definition) is 4. The Morgan fingerprint density at radius 1 is 1.22 bits per heavy atom. The molecule has 8 nitrogen and oxygen atoms in total. The third kappa shape index (κ3) is 4.40. The molecule has 0 atom stereocenters. The molecule has 0 unspecified atom stereocenters. The number of para-hydroxylation sites is 1. The van der Waals surface area contributed by atoms with Crippen LogP contribution >= 0.6 is 11.6 Å². The number of imidazole rings is 1. The lowest BCUT2D eigenvalue weighted by Gasteiger charge is -2.18. The van der Waals surface area contributed by atoms with Crippen LogP contribution in [0, 0.1) is 0 Å². The summed E-state index contributed by atoms with van der Waals surface area (Å²) in [6.45, 7) is 6.75. The van der Waals surface area contributed by atoms with Crippen molar-refractivity contribution in [1.29, 1.82) is 0 Å². The molecular formula is C18H23ClN6O2. The Morgan fingerprint density at radius 2 is 2.00 bits per heavy atom. The first-order valence-electron chi connectivity index (χ1n) is 8.68. The van der Waals surface area contributed by atoms with Crippen molar-refractivity contribution in [2.45, 2.75) is 39.5 Å². The van der Waals surface area contributed by atoms with E-state index in [1.807, 2.05) is 11.5 Å². The summed E-state index contributed by atoms with van der Waals surface area (Å²) in [5.74, 6) is 0.957. The molecule has 0 saturated carbocycles. The molecule has 2 aromatic heterocycles. The maximum atomic E-state index is 10.1. The van der Waals surface area contributed by atoms with E-state index in [-0.39, 0.29) is 5.75 Å². The van der Waals surface area contributed by atoms with Gasteiger partial charge in [0.1, 0.15) is 5.75 Å². The molecule has 0 aliphatic rings. The van der Waals surface area contributed by atoms with Gasteiger partial charge in [-0.2, -0.15) is 9.97 Å². The zero-order valence-corrected chi connectivity index (χ0v) is 16.2. The average molecular weight is 391 g/mol. The summed E-state index contributed by atoms with van der Waals surface area (Å²) in [4.78, 5) is 13.4. The molecule has 0 radical (unpaired) electrons. The maximum absolute atomic E-state index is 10.1. The Hall–Kier alpha value is -2.58. The Labute approximate surface area is 162 Å². The van der Waals surface area contributed by atoms with Crippen LogP contribution in [-0.4, -0.2) is 41.9 Å². The number of fused-ring (bicyclic) bond motifs is 1. The van der Waals surface area contributed by atoms with Gasteiger partial charge < -0.3 is 25.4 Å². The zero-order valence-electron chi connectivity index (χ0n) is 15.5. The first-order valence-corrected chi connectivity index (χ1v) is 9.05. The summed E-state index contributed by atoms with van der Waals surface area (Å²) in [5, 5.41) is 26.6. The number of aryl methyl sites for hydroxylation is 1. The van der Waals surface area contributed by atoms with Crippen LogP contribution in [0.25, 0.3) is 11.2 Å². The molecule has 3 rings (SSSR count). The topological polar surface area (TPSA) is 108 Å². The third-order valence-corrected chi connectivity index (χ3v) is 4.31. The van der Waals surface area contributed by atoms with Crippen LogP contribution < -0.4 is 10.6 Å². The molecule has 0 aliphatic carbocycles. The molecule has 0 amide bonds. The highest BCUT2D eigenvalue weighted by molar-refractivity contribution is 6.32. The molecule has 0 fully saturated rings. The van der Waals surface area contributed by atoms with Crippen LogP contribution in [0.5, 0.6) is 5.75 Å². The highest BCUT2D eigenvalue weighted by Crippen LogP contribution is 2.28. The number of halogens is 1. The first-order chi connectivity index (χ1) is 12.8. The van der Waals surface area contributed by atoms with Crippen molar-refractivity contribution in [2.24, 2.45) is 0 Å². The van der Waals surface area contributed by atoms with Crippen molar-refractivity contribution < 1.29 is 10.2 Å². The minimum atomic E-state index is -0.899. The second kappa shape index (κ2) is 7.58. The molecule has 1 aromatic carbocycles. The molecule has 0 aliphatic heterocycles. The van der Waals surface area contributed by atoms with E-state index in [2.05, 4.69) is 25.6 Å². The summed E-state index contributed by atoms with van der Waals surface area (Å²) < 4.78 is 1.91. The molecule has 144 valence electrons. The molecule has 0 saturated heterocycles. The van der Waals surface area contributed by atoms with Crippen LogP contribution in [0.2, 0.25) is 5.02 Å². The Morgan fingerprint density at radius 3 is 2.70 bits per heavy atom. The van der Waals surface area contributed by atoms with Crippen LogP contribution in [0.4, 0.5) is 11.8 Å². The second-order valence-electron chi connectivity index (χ2n) is 6.87. The van der Waals surface area contributed by atoms with E-state index in [9.17, 15) is 10.2 Å². The molecule has 0 spiro atoms. The standard InChI is InChI=1S/C18H23ClN6O2/c1-4-25-10-22-13-15(20-8-11-6-5-7-12(19)14(11)26)23-17(24-16(13)25)21-9-18(2,3)27/h5-7,10,26-27H,4,8-9H2,1-3H3,(H2,20,21,23,24). The van der Waals surface area contributed by atoms with Crippen molar-refractivity contribution >= 4 is 34.5 Å². The quantitative estimate of drug-likeness (QED) is 0.491. The van der Waals surface area contributed by atoms with Gasteiger partial charge >= 0.3 is 0 Å². The highest BCUT2D eigenvalue weighted by Gasteiger charge is 2.16. The summed E-state index contributed by atoms with van der Waals surface area (Å²) in [7, 11) is 0. The molecule has 3 aromatic rings. The van der Waals surface area contributed by atoms with Crippen LogP contribution in [-0.2, 0) is 13.1 Å². The van der Waals surface area contributed by atoms with E-state index < -0.39 is 5.60 Å². The van der Waals surface area contributed by atoms with E-state index in [4.69, 9.17) is 11.6 Å². The van der Waals surface area contributed by atoms with Crippen molar-refractivity contribution in [3.8, 4) is 5.75 Å². The van der Waals surface area contributed by atoms with Gasteiger partial charge in [0.2, 0.25) is 5.95 Å². The van der Waals surface area contributed by atoms with Gasteiger partial charge in [-0.05, 0) is 26.8 Å². The van der Waals surface area contributed by atoms with Gasteiger partial charge in [0.25, 0.3) is 0 Å². The lowest BCUT2D eigenvalue weighted by molar-refractivity contribution is 0.0943. The van der Waals surface area contributed by atoms with Crippen LogP contribution in [0.15, 0.2) is 24.5 Å². The van der Waals surface area contributed by atoms with Gasteiger partial charge in [-0.1, -0.05) is 23.7 Å². The summed E-state index contributed by atoms with van der Waals surface area (Å²) >= 11 is 5.97. The average Bonchev–Trinajstić information content (AvgIpc) is 3.03. The number of phenolic OH excluding ortho intramolecular Hbond substituents is 1. The first kappa shape index (κ1) is 19.2. The lowest BCUT2D eigenvalue weighted by Crippen LogP contribution is -2.30. The van der Waals surface area contributed by atoms with Crippen molar-refractivity contribution in [2.75, 3.05) is 17.2 Å².